The van der Waals surface area contributed by atoms with E-state index >= 15 is 0 Å². The molecule has 0 aliphatic carbocycles. The molecule has 7 heteroatoms. The molecule has 1 aliphatic heterocycles. The third-order valence-corrected chi connectivity index (χ3v) is 6.52. The van der Waals surface area contributed by atoms with Gasteiger partial charge in [0.2, 0.25) is 0 Å². The minimum Gasteiger partial charge on any atom is -0.337 e. The van der Waals surface area contributed by atoms with Gasteiger partial charge in [0.05, 0.1) is 10.4 Å². The number of nitrogens with one attached hydrogen (secondary N) is 1. The van der Waals surface area contributed by atoms with Crippen LogP contribution in [0.1, 0.15) is 35.3 Å². The number of carbonyl (C=O) groups excluding carboxylic acids is 1. The van der Waals surface area contributed by atoms with E-state index in [9.17, 15) is 4.79 Å². The molecule has 6 nitrogen and oxygen atoms in total. The Bertz CT molecular complexity index is 1170. The van der Waals surface area contributed by atoms with E-state index in [1.54, 1.807) is 12.4 Å². The molecule has 4 heterocycles. The molecule has 0 unspecified atom stereocenters. The SMILES string of the molecule is Cc1cccc2c(-c3nc(C(=O)N4CCCCC4)c(-c4cccnc4)s3)n[nH]c12. The molecule has 146 valence electrons. The summed E-state index contributed by atoms with van der Waals surface area (Å²) in [5.74, 6) is 0.00192. The van der Waals surface area contributed by atoms with Gasteiger partial charge in [0.1, 0.15) is 16.4 Å². The Morgan fingerprint density at radius 2 is 2.00 bits per heavy atom. The highest BCUT2D eigenvalue weighted by atomic mass is 32.1. The average molecular weight is 404 g/mol. The van der Waals surface area contributed by atoms with Crippen molar-refractivity contribution in [2.45, 2.75) is 26.2 Å². The highest BCUT2D eigenvalue weighted by Crippen LogP contribution is 2.38. The van der Waals surface area contributed by atoms with E-state index in [-0.39, 0.29) is 5.91 Å². The van der Waals surface area contributed by atoms with Gasteiger partial charge in [-0.15, -0.1) is 11.3 Å². The molecular weight excluding hydrogens is 382 g/mol. The number of benzene rings is 1. The number of hydrogen-bond acceptors (Lipinski definition) is 5. The standard InChI is InChI=1S/C22H21N5OS/c1-14-7-5-9-16-17(14)25-26-18(16)21-24-19(22(28)27-11-3-2-4-12-27)20(29-21)15-8-6-10-23-13-15/h5-10,13H,2-4,11-12H2,1H3,(H,25,26). The normalized spacial score (nSPS) is 14.4. The molecule has 4 aromatic rings. The fraction of sp³-hybridized carbons (Fsp3) is 0.273. The van der Waals surface area contributed by atoms with Gasteiger partial charge < -0.3 is 4.90 Å². The number of aryl methyl sites for hydroxylation is 1. The molecule has 1 saturated heterocycles. The quantitative estimate of drug-likeness (QED) is 0.539. The molecule has 1 aromatic carbocycles. The van der Waals surface area contributed by atoms with E-state index in [4.69, 9.17) is 4.98 Å². The molecule has 0 bridgehead atoms. The molecule has 0 radical (unpaired) electrons. The first-order valence-corrected chi connectivity index (χ1v) is 10.7. The lowest BCUT2D eigenvalue weighted by molar-refractivity contribution is 0.0720. The number of fused-ring (bicyclic) bond motifs is 1. The predicted octanol–water partition coefficient (Wildman–Crippen LogP) is 4.68. The molecule has 1 aliphatic rings. The number of hydrogen-bond donors (Lipinski definition) is 1. The van der Waals surface area contributed by atoms with E-state index in [2.05, 4.69) is 28.2 Å². The van der Waals surface area contributed by atoms with E-state index in [0.717, 1.165) is 63.5 Å². The Hall–Kier alpha value is -3.06. The van der Waals surface area contributed by atoms with Gasteiger partial charge in [-0.05, 0) is 37.8 Å². The average Bonchev–Trinajstić information content (AvgIpc) is 3.40. The minimum atomic E-state index is 0.00192. The molecule has 0 saturated carbocycles. The van der Waals surface area contributed by atoms with Crippen molar-refractivity contribution in [1.29, 1.82) is 0 Å². The van der Waals surface area contributed by atoms with E-state index in [1.165, 1.54) is 17.8 Å². The maximum Gasteiger partial charge on any atom is 0.274 e. The van der Waals surface area contributed by atoms with Crippen molar-refractivity contribution in [3.05, 3.63) is 54.0 Å². The van der Waals surface area contributed by atoms with Crippen molar-refractivity contribution < 1.29 is 4.79 Å². The van der Waals surface area contributed by atoms with Crippen molar-refractivity contribution in [2.75, 3.05) is 13.1 Å². The van der Waals surface area contributed by atoms with Gasteiger partial charge in [0.15, 0.2) is 0 Å². The topological polar surface area (TPSA) is 74.8 Å². The van der Waals surface area contributed by atoms with E-state index in [0.29, 0.717) is 5.69 Å². The minimum absolute atomic E-state index is 0.00192. The summed E-state index contributed by atoms with van der Waals surface area (Å²) >= 11 is 1.50. The van der Waals surface area contributed by atoms with Crippen LogP contribution in [0.5, 0.6) is 0 Å². The molecule has 3 aromatic heterocycles. The summed E-state index contributed by atoms with van der Waals surface area (Å²) < 4.78 is 0. The van der Waals surface area contributed by atoms with Crippen LogP contribution in [-0.2, 0) is 0 Å². The van der Waals surface area contributed by atoms with Gasteiger partial charge in [0.25, 0.3) is 5.91 Å². The van der Waals surface area contributed by atoms with Gasteiger partial charge in [-0.25, -0.2) is 4.98 Å². The molecular formula is C22H21N5OS. The number of nitrogens with zero attached hydrogens (tertiary/aromatic N) is 4. The first-order valence-electron chi connectivity index (χ1n) is 9.87. The third-order valence-electron chi connectivity index (χ3n) is 5.41. The van der Waals surface area contributed by atoms with Crippen molar-refractivity contribution in [1.82, 2.24) is 25.1 Å². The summed E-state index contributed by atoms with van der Waals surface area (Å²) in [6, 6.07) is 9.98. The number of H-pyrrole nitrogens is 1. The number of carbonyl (C=O) groups is 1. The number of likely N-dealkylation sites (tertiary alicyclic amines) is 1. The fourth-order valence-electron chi connectivity index (χ4n) is 3.85. The van der Waals surface area contributed by atoms with Gasteiger partial charge >= 0.3 is 0 Å². The fourth-order valence-corrected chi connectivity index (χ4v) is 4.91. The highest BCUT2D eigenvalue weighted by molar-refractivity contribution is 7.18. The molecule has 0 spiro atoms. The number of rotatable bonds is 3. The van der Waals surface area contributed by atoms with Crippen molar-refractivity contribution in [3.63, 3.8) is 0 Å². The Labute approximate surface area is 172 Å². The number of para-hydroxylation sites is 1. The number of aromatic nitrogens is 4. The first-order chi connectivity index (χ1) is 14.2. The van der Waals surface area contributed by atoms with Gasteiger partial charge in [0, 0.05) is 36.4 Å². The van der Waals surface area contributed by atoms with Crippen LogP contribution < -0.4 is 0 Å². The largest absolute Gasteiger partial charge is 0.337 e. The second-order valence-electron chi connectivity index (χ2n) is 7.36. The number of thiazole rings is 1. The molecule has 1 fully saturated rings. The zero-order valence-corrected chi connectivity index (χ0v) is 17.0. The number of piperidine rings is 1. The van der Waals surface area contributed by atoms with Crippen LogP contribution in [0, 0.1) is 6.92 Å². The summed E-state index contributed by atoms with van der Waals surface area (Å²) in [4.78, 5) is 25.1. The Kier molecular flexibility index (Phi) is 4.60. The maximum atomic E-state index is 13.3. The lowest BCUT2D eigenvalue weighted by Gasteiger charge is -2.26. The van der Waals surface area contributed by atoms with Crippen LogP contribution in [-0.4, -0.2) is 44.1 Å². The van der Waals surface area contributed by atoms with Gasteiger partial charge in [-0.1, -0.05) is 24.3 Å². The lowest BCUT2D eigenvalue weighted by atomic mass is 10.1. The zero-order valence-electron chi connectivity index (χ0n) is 16.2. The second-order valence-corrected chi connectivity index (χ2v) is 8.36. The van der Waals surface area contributed by atoms with Crippen LogP contribution in [0.25, 0.3) is 32.0 Å². The predicted molar refractivity (Wildman–Crippen MR) is 115 cm³/mol. The molecule has 1 N–H and O–H groups in total. The summed E-state index contributed by atoms with van der Waals surface area (Å²) in [6.07, 6.45) is 6.81. The lowest BCUT2D eigenvalue weighted by Crippen LogP contribution is -2.36. The molecule has 0 atom stereocenters. The van der Waals surface area contributed by atoms with Crippen LogP contribution in [0.2, 0.25) is 0 Å². The summed E-state index contributed by atoms with van der Waals surface area (Å²) in [6.45, 7) is 3.64. The third kappa shape index (κ3) is 3.21. The van der Waals surface area contributed by atoms with E-state index in [1.807, 2.05) is 29.2 Å². The smallest absolute Gasteiger partial charge is 0.274 e. The van der Waals surface area contributed by atoms with Crippen LogP contribution in [0.3, 0.4) is 0 Å². The van der Waals surface area contributed by atoms with Crippen molar-refractivity contribution in [3.8, 4) is 21.1 Å². The Balaban J connectivity index is 1.64. The van der Waals surface area contributed by atoms with E-state index < -0.39 is 0 Å². The molecule has 5 rings (SSSR count). The van der Waals surface area contributed by atoms with Crippen molar-refractivity contribution >= 4 is 28.1 Å². The summed E-state index contributed by atoms with van der Waals surface area (Å²) in [7, 11) is 0. The Morgan fingerprint density at radius 1 is 1.14 bits per heavy atom. The van der Waals surface area contributed by atoms with Crippen LogP contribution in [0.15, 0.2) is 42.7 Å². The number of amides is 1. The van der Waals surface area contributed by atoms with Gasteiger partial charge in [-0.3, -0.25) is 14.9 Å². The maximum absolute atomic E-state index is 13.3. The van der Waals surface area contributed by atoms with Crippen LogP contribution >= 0.6 is 11.3 Å². The van der Waals surface area contributed by atoms with Gasteiger partial charge in [-0.2, -0.15) is 5.10 Å². The Morgan fingerprint density at radius 3 is 2.79 bits per heavy atom. The summed E-state index contributed by atoms with van der Waals surface area (Å²) in [5.41, 5.74) is 4.34. The number of pyridine rings is 1. The highest BCUT2D eigenvalue weighted by Gasteiger charge is 2.27. The molecule has 1 amide bonds. The molecule has 29 heavy (non-hydrogen) atoms. The second kappa shape index (κ2) is 7.40. The zero-order chi connectivity index (χ0) is 19.8. The summed E-state index contributed by atoms with van der Waals surface area (Å²) in [5, 5.41) is 9.43. The van der Waals surface area contributed by atoms with Crippen molar-refractivity contribution in [2.24, 2.45) is 0 Å². The number of aromatic amines is 1. The van der Waals surface area contributed by atoms with Crippen LogP contribution in [0.4, 0.5) is 0 Å². The monoisotopic (exact) mass is 403 g/mol. The first kappa shape index (κ1) is 18.0.